The summed E-state index contributed by atoms with van der Waals surface area (Å²) in [5, 5.41) is 3.03. The van der Waals surface area contributed by atoms with Gasteiger partial charge in [0.1, 0.15) is 5.75 Å². The zero-order valence-electron chi connectivity index (χ0n) is 28.0. The third-order valence-corrected chi connectivity index (χ3v) is 8.76. The monoisotopic (exact) mass is 685 g/mol. The van der Waals surface area contributed by atoms with E-state index in [0.717, 1.165) is 53.9 Å². The van der Waals surface area contributed by atoms with Gasteiger partial charge in [0.2, 0.25) is 5.91 Å². The Bertz CT molecular complexity index is 1720. The molecule has 0 radical (unpaired) electrons. The lowest BCUT2D eigenvalue weighted by Crippen LogP contribution is -2.33. The Labute approximate surface area is 291 Å². The maximum atomic E-state index is 13.6. The summed E-state index contributed by atoms with van der Waals surface area (Å²) in [6.45, 7) is 4.34. The Balaban J connectivity index is 1.24. The van der Waals surface area contributed by atoms with Gasteiger partial charge in [-0.25, -0.2) is 4.79 Å². The molecule has 0 unspecified atom stereocenters. The maximum absolute atomic E-state index is 13.6. The lowest BCUT2D eigenvalue weighted by molar-refractivity contribution is -0.189. The second kappa shape index (κ2) is 17.6. The van der Waals surface area contributed by atoms with E-state index in [1.807, 2.05) is 72.8 Å². The molecule has 0 atom stereocenters. The number of aryl methyl sites for hydroxylation is 1. The molecule has 10 heteroatoms. The number of nitrogens with zero attached hydrogens (tertiary/aromatic N) is 2. The number of rotatable bonds is 15. The molecule has 1 fully saturated rings. The molecule has 4 aromatic rings. The van der Waals surface area contributed by atoms with Crippen molar-refractivity contribution in [2.75, 3.05) is 32.7 Å². The highest BCUT2D eigenvalue weighted by molar-refractivity contribution is 5.95. The average Bonchev–Trinajstić information content (AvgIpc) is 3.64. The third kappa shape index (κ3) is 11.0. The van der Waals surface area contributed by atoms with Crippen molar-refractivity contribution in [3.63, 3.8) is 0 Å². The molecule has 5 rings (SSSR count). The fraction of sp³-hybridized carbons (Fsp3) is 0.325. The van der Waals surface area contributed by atoms with Crippen molar-refractivity contribution in [3.8, 4) is 16.9 Å². The average molecular weight is 686 g/mol. The van der Waals surface area contributed by atoms with Gasteiger partial charge in [-0.1, -0.05) is 72.8 Å². The van der Waals surface area contributed by atoms with Crippen LogP contribution in [0.1, 0.15) is 52.7 Å². The number of likely N-dealkylation sites (tertiary alicyclic amines) is 1. The van der Waals surface area contributed by atoms with Gasteiger partial charge in [-0.2, -0.15) is 13.2 Å². The first-order valence-corrected chi connectivity index (χ1v) is 17.0. The minimum absolute atomic E-state index is 0.00494. The van der Waals surface area contributed by atoms with Crippen LogP contribution in [0.25, 0.3) is 11.1 Å². The number of halogens is 3. The van der Waals surface area contributed by atoms with Gasteiger partial charge in [0, 0.05) is 38.2 Å². The van der Waals surface area contributed by atoms with Crippen molar-refractivity contribution in [2.45, 2.75) is 51.2 Å². The van der Waals surface area contributed by atoms with Crippen molar-refractivity contribution in [2.24, 2.45) is 0 Å². The van der Waals surface area contributed by atoms with Crippen LogP contribution in [0, 0.1) is 0 Å². The van der Waals surface area contributed by atoms with Crippen molar-refractivity contribution < 1.29 is 32.3 Å². The second-order valence-electron chi connectivity index (χ2n) is 12.5. The molecule has 4 aromatic carbocycles. The SMILES string of the molecule is O=C(NCCN1CCCC1)c1cccc(-c2cccc(CN(CCc3ccc(OC(=O)C(F)(F)F)cc3)C(=O)CCCc3ccccc3)c2)c1. The molecule has 1 saturated heterocycles. The number of hydrogen-bond donors (Lipinski definition) is 1. The summed E-state index contributed by atoms with van der Waals surface area (Å²) in [7, 11) is 0. The summed E-state index contributed by atoms with van der Waals surface area (Å²) in [4.78, 5) is 41.9. The van der Waals surface area contributed by atoms with Crippen molar-refractivity contribution >= 4 is 17.8 Å². The van der Waals surface area contributed by atoms with Gasteiger partial charge in [-0.3, -0.25) is 9.59 Å². The van der Waals surface area contributed by atoms with Crippen LogP contribution in [0.5, 0.6) is 5.75 Å². The smallest absolute Gasteiger partial charge is 0.420 e. The molecule has 0 spiro atoms. The van der Waals surface area contributed by atoms with E-state index >= 15 is 0 Å². The molecule has 1 aliphatic rings. The van der Waals surface area contributed by atoms with E-state index in [1.165, 1.54) is 25.0 Å². The van der Waals surface area contributed by atoms with Crippen LogP contribution in [-0.2, 0) is 29.0 Å². The lowest BCUT2D eigenvalue weighted by Gasteiger charge is -2.24. The van der Waals surface area contributed by atoms with Crippen LogP contribution in [-0.4, -0.2) is 66.5 Å². The summed E-state index contributed by atoms with van der Waals surface area (Å²) in [5.74, 6) is -2.59. The predicted molar refractivity (Wildman–Crippen MR) is 187 cm³/mol. The van der Waals surface area contributed by atoms with Crippen LogP contribution in [0.15, 0.2) is 103 Å². The number of nitrogens with one attached hydrogen (secondary N) is 1. The number of esters is 1. The third-order valence-electron chi connectivity index (χ3n) is 8.76. The van der Waals surface area contributed by atoms with E-state index in [1.54, 1.807) is 23.1 Å². The normalized spacial score (nSPS) is 13.2. The molecule has 0 aliphatic carbocycles. The number of amides is 2. The topological polar surface area (TPSA) is 79.0 Å². The molecule has 1 heterocycles. The minimum Gasteiger partial charge on any atom is -0.420 e. The Morgan fingerprint density at radius 2 is 1.42 bits per heavy atom. The second-order valence-corrected chi connectivity index (χ2v) is 12.5. The molecule has 0 saturated carbocycles. The van der Waals surface area contributed by atoms with Crippen molar-refractivity contribution in [1.29, 1.82) is 0 Å². The van der Waals surface area contributed by atoms with Crippen LogP contribution in [0.3, 0.4) is 0 Å². The molecule has 2 amide bonds. The maximum Gasteiger partial charge on any atom is 0.491 e. The summed E-state index contributed by atoms with van der Waals surface area (Å²) < 4.78 is 42.2. The van der Waals surface area contributed by atoms with Crippen molar-refractivity contribution in [3.05, 3.63) is 125 Å². The fourth-order valence-electron chi connectivity index (χ4n) is 6.04. The largest absolute Gasteiger partial charge is 0.491 e. The molecular formula is C40H42F3N3O4. The Morgan fingerprint density at radius 3 is 2.14 bits per heavy atom. The van der Waals surface area contributed by atoms with Gasteiger partial charge in [-0.05, 0) is 103 Å². The fourth-order valence-corrected chi connectivity index (χ4v) is 6.04. The lowest BCUT2D eigenvalue weighted by atomic mass is 10.0. The highest BCUT2D eigenvalue weighted by Gasteiger charge is 2.41. The molecule has 0 aromatic heterocycles. The summed E-state index contributed by atoms with van der Waals surface area (Å²) in [6.07, 6.45) is -0.397. The van der Waals surface area contributed by atoms with Gasteiger partial charge in [-0.15, -0.1) is 0 Å². The zero-order chi connectivity index (χ0) is 35.3. The van der Waals surface area contributed by atoms with E-state index in [2.05, 4.69) is 15.0 Å². The van der Waals surface area contributed by atoms with Crippen LogP contribution in [0.2, 0.25) is 0 Å². The van der Waals surface area contributed by atoms with Crippen LogP contribution in [0.4, 0.5) is 13.2 Å². The Hall–Kier alpha value is -4.96. The van der Waals surface area contributed by atoms with E-state index < -0.39 is 12.1 Å². The van der Waals surface area contributed by atoms with Gasteiger partial charge < -0.3 is 19.9 Å². The number of carbonyl (C=O) groups is 3. The summed E-state index contributed by atoms with van der Waals surface area (Å²) in [6, 6.07) is 31.2. The number of alkyl halides is 3. The Kier molecular flexibility index (Phi) is 12.8. The zero-order valence-corrected chi connectivity index (χ0v) is 28.0. The standard InChI is InChI=1S/C40H42F3N3O4/c41-40(42,43)39(49)50-36-19-17-31(18-20-36)21-25-46(37(47)16-7-11-30-9-2-1-3-10-30)29-32-12-6-13-33(27-32)34-14-8-15-35(28-34)38(48)44-22-26-45-23-4-5-24-45/h1-3,6,8-10,12-15,17-20,27-28H,4-5,7,11,16,21-26,29H2,(H,44,48). The van der Waals surface area contributed by atoms with Crippen LogP contribution >= 0.6 is 0 Å². The molecule has 262 valence electrons. The summed E-state index contributed by atoms with van der Waals surface area (Å²) >= 11 is 0. The number of carbonyl (C=O) groups excluding carboxylic acids is 3. The minimum atomic E-state index is -5.08. The first-order chi connectivity index (χ1) is 24.1. The molecule has 50 heavy (non-hydrogen) atoms. The van der Waals surface area contributed by atoms with Gasteiger partial charge >= 0.3 is 12.1 Å². The summed E-state index contributed by atoms with van der Waals surface area (Å²) in [5.41, 5.74) is 5.27. The van der Waals surface area contributed by atoms with Gasteiger partial charge in [0.25, 0.3) is 5.91 Å². The molecule has 7 nitrogen and oxygen atoms in total. The Morgan fingerprint density at radius 1 is 0.760 bits per heavy atom. The molecule has 0 bridgehead atoms. The highest BCUT2D eigenvalue weighted by Crippen LogP contribution is 2.24. The predicted octanol–water partition coefficient (Wildman–Crippen LogP) is 7.24. The quantitative estimate of drug-likeness (QED) is 0.106. The first kappa shape index (κ1) is 36.3. The van der Waals surface area contributed by atoms with E-state index in [4.69, 9.17) is 0 Å². The molecular weight excluding hydrogens is 643 g/mol. The number of hydrogen-bond acceptors (Lipinski definition) is 5. The van der Waals surface area contributed by atoms with Crippen molar-refractivity contribution in [1.82, 2.24) is 15.1 Å². The number of ether oxygens (including phenoxy) is 1. The highest BCUT2D eigenvalue weighted by atomic mass is 19.4. The van der Waals surface area contributed by atoms with E-state index in [-0.39, 0.29) is 17.6 Å². The van der Waals surface area contributed by atoms with E-state index in [9.17, 15) is 27.6 Å². The van der Waals surface area contributed by atoms with Crippen LogP contribution < -0.4 is 10.1 Å². The van der Waals surface area contributed by atoms with Gasteiger partial charge in [0.15, 0.2) is 0 Å². The first-order valence-electron chi connectivity index (χ1n) is 17.0. The number of benzene rings is 4. The molecule has 1 aliphatic heterocycles. The molecule has 1 N–H and O–H groups in total. The van der Waals surface area contributed by atoms with Gasteiger partial charge in [0.05, 0.1) is 0 Å². The van der Waals surface area contributed by atoms with E-state index in [0.29, 0.717) is 44.5 Å².